The molecule has 22 heavy (non-hydrogen) atoms. The van der Waals surface area contributed by atoms with Gasteiger partial charge in [-0.1, -0.05) is 36.4 Å². The Balaban J connectivity index is 0.00000176. The van der Waals surface area contributed by atoms with Crippen molar-refractivity contribution in [3.63, 3.8) is 0 Å². The Morgan fingerprint density at radius 2 is 1.00 bits per heavy atom. The fourth-order valence-electron chi connectivity index (χ4n) is 2.19. The van der Waals surface area contributed by atoms with Gasteiger partial charge in [0.05, 0.1) is 22.5 Å². The van der Waals surface area contributed by atoms with Crippen LogP contribution < -0.4 is 24.0 Å². The minimum absolute atomic E-state index is 0. The van der Waals surface area contributed by atoms with Crippen molar-refractivity contribution in [3.8, 4) is 6.07 Å². The summed E-state index contributed by atoms with van der Waals surface area (Å²) < 4.78 is 0. The number of halogens is 1. The van der Waals surface area contributed by atoms with E-state index in [0.29, 0.717) is 5.56 Å². The van der Waals surface area contributed by atoms with E-state index in [9.17, 15) is 0 Å². The third-order valence-corrected chi connectivity index (χ3v) is 5.41. The maximum Gasteiger partial charge on any atom is 0.166 e. The molecule has 0 N–H and O–H groups in total. The van der Waals surface area contributed by atoms with Gasteiger partial charge in [0, 0.05) is 0 Å². The van der Waals surface area contributed by atoms with Crippen molar-refractivity contribution in [1.29, 1.82) is 5.26 Å². The Kier molecular flexibility index (Phi) is 6.05. The summed E-state index contributed by atoms with van der Waals surface area (Å²) in [6.07, 6.45) is 0. The van der Waals surface area contributed by atoms with E-state index in [-0.39, 0.29) is 34.9 Å². The van der Waals surface area contributed by atoms with Gasteiger partial charge in [-0.15, -0.1) is 0 Å². The Bertz CT molecular complexity index is 709. The highest BCUT2D eigenvalue weighted by atomic mass is 127. The number of nitriles is 1. The lowest BCUT2D eigenvalue weighted by molar-refractivity contribution is -0.00000435. The summed E-state index contributed by atoms with van der Waals surface area (Å²) >= 11 is 0. The maximum atomic E-state index is 8.95. The van der Waals surface area contributed by atoms with Crippen LogP contribution in [0.15, 0.2) is 99.6 Å². The Morgan fingerprint density at radius 3 is 1.41 bits per heavy atom. The third kappa shape index (κ3) is 3.70. The molecule has 0 aliphatic rings. The predicted molar refractivity (Wildman–Crippen MR) is 86.2 cm³/mol. The smallest absolute Gasteiger partial charge is 0.166 e. The van der Waals surface area contributed by atoms with Crippen molar-refractivity contribution in [2.45, 2.75) is 14.7 Å². The molecule has 0 aliphatic heterocycles. The van der Waals surface area contributed by atoms with Gasteiger partial charge >= 0.3 is 0 Å². The van der Waals surface area contributed by atoms with Crippen LogP contribution in [-0.2, 0) is 10.9 Å². The molecule has 0 aliphatic carbocycles. The Morgan fingerprint density at radius 1 is 0.591 bits per heavy atom. The van der Waals surface area contributed by atoms with E-state index >= 15 is 0 Å². The molecule has 108 valence electrons. The van der Waals surface area contributed by atoms with E-state index in [1.165, 1.54) is 14.7 Å². The second kappa shape index (κ2) is 8.02. The summed E-state index contributed by atoms with van der Waals surface area (Å²) in [4.78, 5) is 3.80. The van der Waals surface area contributed by atoms with E-state index in [2.05, 4.69) is 66.7 Å². The van der Waals surface area contributed by atoms with Crippen LogP contribution in [0.2, 0.25) is 0 Å². The molecule has 0 radical (unpaired) electrons. The molecule has 0 aromatic heterocycles. The van der Waals surface area contributed by atoms with Crippen molar-refractivity contribution < 1.29 is 24.0 Å². The summed E-state index contributed by atoms with van der Waals surface area (Å²) in [5.74, 6) is 0. The highest BCUT2D eigenvalue weighted by Crippen LogP contribution is 2.30. The van der Waals surface area contributed by atoms with Gasteiger partial charge in [0.1, 0.15) is 0 Å². The summed E-state index contributed by atoms with van der Waals surface area (Å²) in [5.41, 5.74) is 0.698. The van der Waals surface area contributed by atoms with E-state index in [1.807, 2.05) is 24.3 Å². The van der Waals surface area contributed by atoms with Crippen molar-refractivity contribution in [3.05, 3.63) is 90.5 Å². The zero-order valence-corrected chi connectivity index (χ0v) is 14.8. The molecule has 0 amide bonds. The molecule has 3 aromatic carbocycles. The summed E-state index contributed by atoms with van der Waals surface area (Å²) in [5, 5.41) is 8.95. The van der Waals surface area contributed by atoms with Gasteiger partial charge in [-0.2, -0.15) is 5.26 Å². The largest absolute Gasteiger partial charge is 1.00 e. The van der Waals surface area contributed by atoms with Gasteiger partial charge in [-0.3, -0.25) is 0 Å². The van der Waals surface area contributed by atoms with Crippen molar-refractivity contribution in [2.24, 2.45) is 0 Å². The molecule has 0 spiro atoms. The first kappa shape index (κ1) is 16.6. The zero-order chi connectivity index (χ0) is 14.5. The van der Waals surface area contributed by atoms with Crippen LogP contribution in [0.5, 0.6) is 0 Å². The first-order chi connectivity index (χ1) is 10.4. The number of rotatable bonds is 3. The Labute approximate surface area is 151 Å². The molecule has 0 unspecified atom stereocenters. The SMILES string of the molecule is N#Cc1ccc([S+](c2ccccc2)c2ccccc2)cc1.[I-]. The second-order valence-corrected chi connectivity index (χ2v) is 6.60. The summed E-state index contributed by atoms with van der Waals surface area (Å²) in [6, 6.07) is 31.1. The zero-order valence-electron chi connectivity index (χ0n) is 11.8. The van der Waals surface area contributed by atoms with Gasteiger partial charge in [0.25, 0.3) is 0 Å². The molecule has 0 saturated heterocycles. The first-order valence-corrected chi connectivity index (χ1v) is 7.95. The molecular weight excluding hydrogens is 401 g/mol. The molecule has 0 heterocycles. The molecule has 1 nitrogen and oxygen atoms in total. The van der Waals surface area contributed by atoms with Gasteiger partial charge in [-0.25, -0.2) is 0 Å². The number of hydrogen-bond donors (Lipinski definition) is 0. The van der Waals surface area contributed by atoms with Crippen molar-refractivity contribution in [2.75, 3.05) is 0 Å². The topological polar surface area (TPSA) is 23.8 Å². The van der Waals surface area contributed by atoms with Crippen LogP contribution >= 0.6 is 0 Å². The van der Waals surface area contributed by atoms with Crippen molar-refractivity contribution in [1.82, 2.24) is 0 Å². The number of benzene rings is 3. The molecular formula is C19H14INS. The minimum atomic E-state index is -0.134. The van der Waals surface area contributed by atoms with Crippen LogP contribution in [-0.4, -0.2) is 0 Å². The lowest BCUT2D eigenvalue weighted by Gasteiger charge is -2.07. The maximum absolute atomic E-state index is 8.95. The standard InChI is InChI=1S/C19H14NS.HI/c20-15-16-11-13-19(14-12-16)21(17-7-3-1-4-8-17)18-9-5-2-6-10-18;/h1-14H;1H/q+1;/p-1. The van der Waals surface area contributed by atoms with Gasteiger partial charge in [-0.05, 0) is 48.5 Å². The molecule has 0 fully saturated rings. The van der Waals surface area contributed by atoms with Crippen LogP contribution in [0.1, 0.15) is 5.56 Å². The molecule has 3 aromatic rings. The van der Waals surface area contributed by atoms with Crippen LogP contribution in [0.3, 0.4) is 0 Å². The molecule has 3 heteroatoms. The second-order valence-electron chi connectivity index (χ2n) is 4.57. The highest BCUT2D eigenvalue weighted by molar-refractivity contribution is 7.97. The average Bonchev–Trinajstić information content (AvgIpc) is 2.58. The van der Waals surface area contributed by atoms with Gasteiger partial charge in [0.2, 0.25) is 0 Å². The normalized spacial score (nSPS) is 9.82. The first-order valence-electron chi connectivity index (χ1n) is 6.73. The predicted octanol–water partition coefficient (Wildman–Crippen LogP) is 1.66. The van der Waals surface area contributed by atoms with E-state index in [1.54, 1.807) is 0 Å². The third-order valence-electron chi connectivity index (χ3n) is 3.18. The van der Waals surface area contributed by atoms with Gasteiger partial charge < -0.3 is 24.0 Å². The summed E-state index contributed by atoms with van der Waals surface area (Å²) in [6.45, 7) is 0. The lowest BCUT2D eigenvalue weighted by Crippen LogP contribution is -3.00. The minimum Gasteiger partial charge on any atom is -1.00 e. The molecule has 0 atom stereocenters. The fourth-order valence-corrected chi connectivity index (χ4v) is 4.27. The lowest BCUT2D eigenvalue weighted by atomic mass is 10.2. The van der Waals surface area contributed by atoms with Crippen LogP contribution in [0, 0.1) is 11.3 Å². The average molecular weight is 415 g/mol. The molecule has 0 bridgehead atoms. The van der Waals surface area contributed by atoms with Gasteiger partial charge in [0.15, 0.2) is 14.7 Å². The number of hydrogen-bond acceptors (Lipinski definition) is 1. The van der Waals surface area contributed by atoms with E-state index < -0.39 is 0 Å². The van der Waals surface area contributed by atoms with E-state index in [0.717, 1.165) is 0 Å². The van der Waals surface area contributed by atoms with Crippen molar-refractivity contribution >= 4 is 10.9 Å². The molecule has 3 rings (SSSR count). The quantitative estimate of drug-likeness (QED) is 0.472. The van der Waals surface area contributed by atoms with E-state index in [4.69, 9.17) is 5.26 Å². The molecule has 0 saturated carbocycles. The fraction of sp³-hybridized carbons (Fsp3) is 0. The Hall–Kier alpha value is -1.77. The van der Waals surface area contributed by atoms with Crippen LogP contribution in [0.4, 0.5) is 0 Å². The van der Waals surface area contributed by atoms with Crippen LogP contribution in [0.25, 0.3) is 0 Å². The number of nitrogens with zero attached hydrogens (tertiary/aromatic N) is 1. The monoisotopic (exact) mass is 415 g/mol. The summed E-state index contributed by atoms with van der Waals surface area (Å²) in [7, 11) is -0.134. The highest BCUT2D eigenvalue weighted by Gasteiger charge is 2.27.